The van der Waals surface area contributed by atoms with Gasteiger partial charge in [-0.25, -0.2) is 4.39 Å². The first-order valence-electron chi connectivity index (χ1n) is 11.4. The largest absolute Gasteiger partial charge is 0.494 e. The Balaban J connectivity index is 1.29. The lowest BCUT2D eigenvalue weighted by atomic mass is 9.93. The van der Waals surface area contributed by atoms with E-state index in [0.717, 1.165) is 61.2 Å². The number of piperidine rings is 1. The molecule has 6 heteroatoms. The maximum absolute atomic E-state index is 13.7. The Morgan fingerprint density at radius 1 is 1.22 bits per heavy atom. The van der Waals surface area contributed by atoms with Gasteiger partial charge < -0.3 is 10.1 Å². The predicted octanol–water partition coefficient (Wildman–Crippen LogP) is 5.40. The molecule has 2 aromatic carbocycles. The minimum Gasteiger partial charge on any atom is -0.494 e. The lowest BCUT2D eigenvalue weighted by molar-refractivity contribution is -0.116. The standard InChI is InChI=1S/C26H30FN3O2/c1-2-32-22-12-13-24-20(16-22)10-11-21(28-24)18-30-15-5-6-19(17-30)9-14-26(31)29-25-8-4-3-7-23(25)27/h3-4,7-8,10-13,16,19H,2,5-6,9,14-15,17-18H2,1H3,(H,29,31). The molecule has 1 unspecified atom stereocenters. The molecule has 1 aromatic heterocycles. The molecule has 1 fully saturated rings. The van der Waals surface area contributed by atoms with E-state index in [0.29, 0.717) is 18.9 Å². The number of carbonyl (C=O) groups excluding carboxylic acids is 1. The van der Waals surface area contributed by atoms with E-state index in [-0.39, 0.29) is 11.6 Å². The topological polar surface area (TPSA) is 54.5 Å². The summed E-state index contributed by atoms with van der Waals surface area (Å²) in [6.07, 6.45) is 3.45. The third kappa shape index (κ3) is 5.82. The van der Waals surface area contributed by atoms with Crippen molar-refractivity contribution in [3.63, 3.8) is 0 Å². The summed E-state index contributed by atoms with van der Waals surface area (Å²) in [5.41, 5.74) is 2.28. The average molecular weight is 436 g/mol. The van der Waals surface area contributed by atoms with Crippen LogP contribution in [0, 0.1) is 11.7 Å². The number of amides is 1. The summed E-state index contributed by atoms with van der Waals surface area (Å²) in [6.45, 7) is 5.43. The van der Waals surface area contributed by atoms with Gasteiger partial charge in [-0.05, 0) is 75.0 Å². The van der Waals surface area contributed by atoms with Crippen molar-refractivity contribution >= 4 is 22.5 Å². The van der Waals surface area contributed by atoms with Gasteiger partial charge in [0.15, 0.2) is 0 Å². The number of halogens is 1. The molecule has 3 aromatic rings. The minimum atomic E-state index is -0.401. The lowest BCUT2D eigenvalue weighted by Crippen LogP contribution is -2.35. The van der Waals surface area contributed by atoms with Gasteiger partial charge in [-0.15, -0.1) is 0 Å². The van der Waals surface area contributed by atoms with Gasteiger partial charge in [0.2, 0.25) is 5.91 Å². The molecule has 1 aliphatic heterocycles. The summed E-state index contributed by atoms with van der Waals surface area (Å²) >= 11 is 0. The average Bonchev–Trinajstić information content (AvgIpc) is 2.80. The number of hydrogen-bond acceptors (Lipinski definition) is 4. The zero-order valence-corrected chi connectivity index (χ0v) is 18.5. The number of rotatable bonds is 8. The van der Waals surface area contributed by atoms with Crippen LogP contribution in [0.3, 0.4) is 0 Å². The van der Waals surface area contributed by atoms with Crippen LogP contribution in [0.1, 0.15) is 38.3 Å². The zero-order valence-electron chi connectivity index (χ0n) is 18.5. The van der Waals surface area contributed by atoms with Crippen molar-refractivity contribution in [3.8, 4) is 5.75 Å². The van der Waals surface area contributed by atoms with Crippen LogP contribution in [0.25, 0.3) is 10.9 Å². The fraction of sp³-hybridized carbons (Fsp3) is 0.385. The number of nitrogens with zero attached hydrogens (tertiary/aromatic N) is 2. The second kappa shape index (κ2) is 10.6. The quantitative estimate of drug-likeness (QED) is 0.514. The van der Waals surface area contributed by atoms with Crippen molar-refractivity contribution in [3.05, 3.63) is 66.1 Å². The first-order chi connectivity index (χ1) is 15.6. The third-order valence-corrected chi connectivity index (χ3v) is 5.95. The maximum Gasteiger partial charge on any atom is 0.224 e. The molecule has 0 spiro atoms. The van der Waals surface area contributed by atoms with Crippen molar-refractivity contribution in [2.24, 2.45) is 5.92 Å². The van der Waals surface area contributed by atoms with Gasteiger partial charge in [-0.2, -0.15) is 0 Å². The molecule has 32 heavy (non-hydrogen) atoms. The van der Waals surface area contributed by atoms with E-state index in [4.69, 9.17) is 9.72 Å². The fourth-order valence-corrected chi connectivity index (χ4v) is 4.36. The second-order valence-corrected chi connectivity index (χ2v) is 8.40. The lowest BCUT2D eigenvalue weighted by Gasteiger charge is -2.32. The first kappa shape index (κ1) is 22.2. The third-order valence-electron chi connectivity index (χ3n) is 5.95. The zero-order chi connectivity index (χ0) is 22.3. The van der Waals surface area contributed by atoms with E-state index < -0.39 is 5.82 Å². The van der Waals surface area contributed by atoms with Crippen LogP contribution >= 0.6 is 0 Å². The molecule has 1 N–H and O–H groups in total. The Kier molecular flexibility index (Phi) is 7.32. The number of aromatic nitrogens is 1. The Hall–Kier alpha value is -2.99. The van der Waals surface area contributed by atoms with Crippen LogP contribution in [-0.4, -0.2) is 35.5 Å². The molecule has 2 heterocycles. The van der Waals surface area contributed by atoms with Crippen molar-refractivity contribution in [2.75, 3.05) is 25.0 Å². The number of carbonyl (C=O) groups is 1. The molecule has 4 rings (SSSR count). The highest BCUT2D eigenvalue weighted by molar-refractivity contribution is 5.90. The second-order valence-electron chi connectivity index (χ2n) is 8.40. The number of nitrogens with one attached hydrogen (secondary N) is 1. The SMILES string of the molecule is CCOc1ccc2nc(CN3CCCC(CCC(=O)Nc4ccccc4F)C3)ccc2c1. The van der Waals surface area contributed by atoms with E-state index in [9.17, 15) is 9.18 Å². The molecule has 5 nitrogen and oxygen atoms in total. The maximum atomic E-state index is 13.7. The van der Waals surface area contributed by atoms with Crippen LogP contribution in [0.5, 0.6) is 5.75 Å². The summed E-state index contributed by atoms with van der Waals surface area (Å²) in [5.74, 6) is 0.799. The van der Waals surface area contributed by atoms with E-state index in [1.54, 1.807) is 18.2 Å². The molecule has 0 saturated carbocycles. The molecule has 1 atom stereocenters. The van der Waals surface area contributed by atoms with Crippen LogP contribution < -0.4 is 10.1 Å². The van der Waals surface area contributed by atoms with Gasteiger partial charge in [0.25, 0.3) is 0 Å². The van der Waals surface area contributed by atoms with Crippen molar-refractivity contribution in [2.45, 2.75) is 39.2 Å². The van der Waals surface area contributed by atoms with E-state index in [1.165, 1.54) is 6.07 Å². The molecular formula is C26H30FN3O2. The number of ether oxygens (including phenoxy) is 1. The van der Waals surface area contributed by atoms with Crippen LogP contribution in [0.15, 0.2) is 54.6 Å². The van der Waals surface area contributed by atoms with Gasteiger partial charge in [-0.1, -0.05) is 18.2 Å². The molecule has 1 saturated heterocycles. The van der Waals surface area contributed by atoms with Crippen molar-refractivity contribution in [1.29, 1.82) is 0 Å². The predicted molar refractivity (Wildman–Crippen MR) is 125 cm³/mol. The molecule has 0 bridgehead atoms. The van der Waals surface area contributed by atoms with Crippen LogP contribution in [-0.2, 0) is 11.3 Å². The Bertz CT molecular complexity index is 1070. The first-order valence-corrected chi connectivity index (χ1v) is 11.4. The highest BCUT2D eigenvalue weighted by Gasteiger charge is 2.21. The monoisotopic (exact) mass is 435 g/mol. The highest BCUT2D eigenvalue weighted by atomic mass is 19.1. The van der Waals surface area contributed by atoms with E-state index in [2.05, 4.69) is 22.3 Å². The number of likely N-dealkylation sites (tertiary alicyclic amines) is 1. The normalized spacial score (nSPS) is 16.8. The van der Waals surface area contributed by atoms with Gasteiger partial charge in [0.05, 0.1) is 23.5 Å². The molecule has 0 aliphatic carbocycles. The highest BCUT2D eigenvalue weighted by Crippen LogP contribution is 2.24. The van der Waals surface area contributed by atoms with E-state index in [1.807, 2.05) is 25.1 Å². The number of para-hydroxylation sites is 1. The summed E-state index contributed by atoms with van der Waals surface area (Å²) in [4.78, 5) is 19.5. The van der Waals surface area contributed by atoms with Gasteiger partial charge in [-0.3, -0.25) is 14.7 Å². The van der Waals surface area contributed by atoms with Crippen LogP contribution in [0.4, 0.5) is 10.1 Å². The van der Waals surface area contributed by atoms with Crippen LogP contribution in [0.2, 0.25) is 0 Å². The van der Waals surface area contributed by atoms with Crippen molar-refractivity contribution < 1.29 is 13.9 Å². The summed E-state index contributed by atoms with van der Waals surface area (Å²) in [5, 5.41) is 3.76. The van der Waals surface area contributed by atoms with Crippen molar-refractivity contribution in [1.82, 2.24) is 9.88 Å². The molecule has 1 amide bonds. The van der Waals surface area contributed by atoms with E-state index >= 15 is 0 Å². The fourth-order valence-electron chi connectivity index (χ4n) is 4.36. The Morgan fingerprint density at radius 2 is 2.09 bits per heavy atom. The molecule has 0 radical (unpaired) electrons. The number of hydrogen-bond donors (Lipinski definition) is 1. The van der Waals surface area contributed by atoms with Gasteiger partial charge >= 0.3 is 0 Å². The molecule has 168 valence electrons. The minimum absolute atomic E-state index is 0.130. The number of fused-ring (bicyclic) bond motifs is 1. The summed E-state index contributed by atoms with van der Waals surface area (Å²) < 4.78 is 19.3. The smallest absolute Gasteiger partial charge is 0.224 e. The summed E-state index contributed by atoms with van der Waals surface area (Å²) in [7, 11) is 0. The van der Waals surface area contributed by atoms with Gasteiger partial charge in [0.1, 0.15) is 11.6 Å². The number of benzene rings is 2. The molecule has 1 aliphatic rings. The number of anilines is 1. The number of pyridine rings is 1. The summed E-state index contributed by atoms with van der Waals surface area (Å²) in [6, 6.07) is 16.5. The van der Waals surface area contributed by atoms with Gasteiger partial charge in [0, 0.05) is 24.9 Å². The molecular weight excluding hydrogens is 405 g/mol. The Morgan fingerprint density at radius 3 is 2.94 bits per heavy atom. The Labute approximate surface area is 188 Å².